The van der Waals surface area contributed by atoms with Gasteiger partial charge >= 0.3 is 0 Å². The van der Waals surface area contributed by atoms with Crippen LogP contribution < -0.4 is 5.32 Å². The Balaban J connectivity index is 2.17. The van der Waals surface area contributed by atoms with E-state index in [0.717, 1.165) is 14.7 Å². The van der Waals surface area contributed by atoms with Gasteiger partial charge in [0.05, 0.1) is 11.6 Å². The van der Waals surface area contributed by atoms with E-state index in [9.17, 15) is 4.79 Å². The molecule has 0 saturated heterocycles. The van der Waals surface area contributed by atoms with Crippen molar-refractivity contribution in [1.82, 2.24) is 5.32 Å². The van der Waals surface area contributed by atoms with E-state index in [1.165, 1.54) is 11.1 Å². The summed E-state index contributed by atoms with van der Waals surface area (Å²) in [5.41, 5.74) is 4.34. The van der Waals surface area contributed by atoms with Crippen molar-refractivity contribution < 1.29 is 4.79 Å². The second-order valence-electron chi connectivity index (χ2n) is 5.04. The van der Waals surface area contributed by atoms with Crippen LogP contribution in [0.5, 0.6) is 0 Å². The monoisotopic (exact) mass is 379 g/mol. The minimum atomic E-state index is -0.0255. The molecule has 0 spiro atoms. The lowest BCUT2D eigenvalue weighted by Crippen LogP contribution is -2.27. The third kappa shape index (κ3) is 3.39. The van der Waals surface area contributed by atoms with E-state index < -0.39 is 0 Å². The molecular formula is C17H18INO. The molecule has 0 saturated carbocycles. The highest BCUT2D eigenvalue weighted by molar-refractivity contribution is 14.1. The number of carbonyl (C=O) groups excluding carboxylic acids is 1. The topological polar surface area (TPSA) is 29.1 Å². The van der Waals surface area contributed by atoms with E-state index in [4.69, 9.17) is 0 Å². The van der Waals surface area contributed by atoms with E-state index in [-0.39, 0.29) is 11.9 Å². The Morgan fingerprint density at radius 1 is 1.15 bits per heavy atom. The van der Waals surface area contributed by atoms with Crippen LogP contribution in [-0.4, -0.2) is 5.91 Å². The maximum Gasteiger partial charge on any atom is 0.252 e. The number of benzene rings is 2. The molecule has 0 heterocycles. The molecule has 2 aromatic rings. The van der Waals surface area contributed by atoms with Gasteiger partial charge in [0, 0.05) is 3.57 Å². The Bertz CT molecular complexity index is 637. The van der Waals surface area contributed by atoms with Crippen LogP contribution in [0.15, 0.2) is 42.5 Å². The molecular weight excluding hydrogens is 361 g/mol. The molecule has 0 bridgehead atoms. The van der Waals surface area contributed by atoms with Crippen molar-refractivity contribution >= 4 is 28.5 Å². The standard InChI is InChI=1S/C17H18INO/c1-11-8-9-14(12(2)10-11)13(3)19-17(20)15-6-4-5-7-16(15)18/h4-10,13H,1-3H3,(H,19,20)/t13-/m1/s1. The zero-order valence-corrected chi connectivity index (χ0v) is 14.1. The summed E-state index contributed by atoms with van der Waals surface area (Å²) in [6.07, 6.45) is 0. The van der Waals surface area contributed by atoms with E-state index in [0.29, 0.717) is 0 Å². The average Bonchev–Trinajstić information content (AvgIpc) is 2.38. The van der Waals surface area contributed by atoms with Gasteiger partial charge < -0.3 is 5.32 Å². The molecule has 20 heavy (non-hydrogen) atoms. The Labute approximate surface area is 133 Å². The number of halogens is 1. The molecule has 0 fully saturated rings. The van der Waals surface area contributed by atoms with E-state index in [2.05, 4.69) is 60.0 Å². The maximum absolute atomic E-state index is 12.3. The first-order chi connectivity index (χ1) is 9.49. The predicted molar refractivity (Wildman–Crippen MR) is 91.0 cm³/mol. The molecule has 1 amide bonds. The molecule has 2 aromatic carbocycles. The second-order valence-corrected chi connectivity index (χ2v) is 6.20. The van der Waals surface area contributed by atoms with Crippen LogP contribution in [0.4, 0.5) is 0 Å². The first kappa shape index (κ1) is 15.0. The molecule has 1 atom stereocenters. The van der Waals surface area contributed by atoms with Crippen molar-refractivity contribution in [1.29, 1.82) is 0 Å². The number of amides is 1. The zero-order valence-electron chi connectivity index (χ0n) is 11.9. The molecule has 1 N–H and O–H groups in total. The quantitative estimate of drug-likeness (QED) is 0.787. The minimum Gasteiger partial charge on any atom is -0.345 e. The lowest BCUT2D eigenvalue weighted by Gasteiger charge is -2.17. The van der Waals surface area contributed by atoms with Crippen molar-refractivity contribution in [2.45, 2.75) is 26.8 Å². The Kier molecular flexibility index (Phi) is 4.81. The third-order valence-electron chi connectivity index (χ3n) is 3.36. The van der Waals surface area contributed by atoms with Gasteiger partial charge in [0.2, 0.25) is 0 Å². The summed E-state index contributed by atoms with van der Waals surface area (Å²) in [7, 11) is 0. The Hall–Kier alpha value is -1.36. The predicted octanol–water partition coefficient (Wildman–Crippen LogP) is 4.40. The summed E-state index contributed by atoms with van der Waals surface area (Å²) in [6, 6.07) is 13.9. The molecule has 0 aromatic heterocycles. The van der Waals surface area contributed by atoms with Crippen LogP contribution in [0.25, 0.3) is 0 Å². The SMILES string of the molecule is Cc1ccc([C@@H](C)NC(=O)c2ccccc2I)c(C)c1. The second kappa shape index (κ2) is 6.39. The normalized spacial score (nSPS) is 12.0. The number of rotatable bonds is 3. The van der Waals surface area contributed by atoms with Gasteiger partial charge in [0.15, 0.2) is 0 Å². The molecule has 0 unspecified atom stereocenters. The lowest BCUT2D eigenvalue weighted by molar-refractivity contribution is 0.0939. The van der Waals surface area contributed by atoms with Crippen molar-refractivity contribution in [3.63, 3.8) is 0 Å². The van der Waals surface area contributed by atoms with Crippen LogP contribution >= 0.6 is 22.6 Å². The van der Waals surface area contributed by atoms with E-state index in [1.54, 1.807) is 0 Å². The van der Waals surface area contributed by atoms with Crippen molar-refractivity contribution in [2.24, 2.45) is 0 Å². The first-order valence-corrected chi connectivity index (χ1v) is 7.69. The molecule has 0 aliphatic heterocycles. The van der Waals surface area contributed by atoms with Crippen LogP contribution in [0.1, 0.15) is 40.0 Å². The van der Waals surface area contributed by atoms with Gasteiger partial charge in [-0.3, -0.25) is 4.79 Å². The molecule has 2 rings (SSSR count). The zero-order chi connectivity index (χ0) is 14.7. The van der Waals surface area contributed by atoms with Gasteiger partial charge in [-0.15, -0.1) is 0 Å². The van der Waals surface area contributed by atoms with Crippen LogP contribution in [0, 0.1) is 17.4 Å². The maximum atomic E-state index is 12.3. The highest BCUT2D eigenvalue weighted by Gasteiger charge is 2.14. The van der Waals surface area contributed by atoms with Gasteiger partial charge in [0.25, 0.3) is 5.91 Å². The molecule has 3 heteroatoms. The summed E-state index contributed by atoms with van der Waals surface area (Å²) in [5, 5.41) is 3.07. The Morgan fingerprint density at radius 3 is 2.50 bits per heavy atom. The Morgan fingerprint density at radius 2 is 1.85 bits per heavy atom. The largest absolute Gasteiger partial charge is 0.345 e. The number of carbonyl (C=O) groups is 1. The first-order valence-electron chi connectivity index (χ1n) is 6.61. The van der Waals surface area contributed by atoms with Gasteiger partial charge in [-0.25, -0.2) is 0 Å². The summed E-state index contributed by atoms with van der Waals surface area (Å²) in [4.78, 5) is 12.3. The highest BCUT2D eigenvalue weighted by Crippen LogP contribution is 2.20. The summed E-state index contributed by atoms with van der Waals surface area (Å²) < 4.78 is 0.968. The summed E-state index contributed by atoms with van der Waals surface area (Å²) in [6.45, 7) is 6.18. The van der Waals surface area contributed by atoms with Crippen molar-refractivity contribution in [3.05, 3.63) is 68.3 Å². The van der Waals surface area contributed by atoms with Gasteiger partial charge in [-0.05, 0) is 66.6 Å². The van der Waals surface area contributed by atoms with Gasteiger partial charge in [-0.1, -0.05) is 35.9 Å². The van der Waals surface area contributed by atoms with Gasteiger partial charge in [-0.2, -0.15) is 0 Å². The van der Waals surface area contributed by atoms with E-state index >= 15 is 0 Å². The lowest BCUT2D eigenvalue weighted by atomic mass is 10.00. The minimum absolute atomic E-state index is 0.000828. The molecule has 0 radical (unpaired) electrons. The summed E-state index contributed by atoms with van der Waals surface area (Å²) in [5.74, 6) is -0.0255. The highest BCUT2D eigenvalue weighted by atomic mass is 127. The number of nitrogens with one attached hydrogen (secondary N) is 1. The van der Waals surface area contributed by atoms with Gasteiger partial charge in [0.1, 0.15) is 0 Å². The number of hydrogen-bond donors (Lipinski definition) is 1. The molecule has 0 aliphatic carbocycles. The fraction of sp³-hybridized carbons (Fsp3) is 0.235. The summed E-state index contributed by atoms with van der Waals surface area (Å²) >= 11 is 2.19. The van der Waals surface area contributed by atoms with E-state index in [1.807, 2.05) is 31.2 Å². The van der Waals surface area contributed by atoms with Crippen LogP contribution in [-0.2, 0) is 0 Å². The number of hydrogen-bond acceptors (Lipinski definition) is 1. The smallest absolute Gasteiger partial charge is 0.252 e. The average molecular weight is 379 g/mol. The number of aryl methyl sites for hydroxylation is 2. The van der Waals surface area contributed by atoms with Crippen molar-refractivity contribution in [2.75, 3.05) is 0 Å². The van der Waals surface area contributed by atoms with Crippen LogP contribution in [0.2, 0.25) is 0 Å². The van der Waals surface area contributed by atoms with Crippen molar-refractivity contribution in [3.8, 4) is 0 Å². The molecule has 2 nitrogen and oxygen atoms in total. The fourth-order valence-corrected chi connectivity index (χ4v) is 2.94. The third-order valence-corrected chi connectivity index (χ3v) is 4.30. The van der Waals surface area contributed by atoms with Crippen LogP contribution in [0.3, 0.4) is 0 Å². The molecule has 104 valence electrons. The fourth-order valence-electron chi connectivity index (χ4n) is 2.31. The molecule has 0 aliphatic rings.